The average molecular weight is 267 g/mol. The molecule has 1 atom stereocenters. The molecular weight excluding hydrogens is 246 g/mol. The van der Waals surface area contributed by atoms with Crippen molar-refractivity contribution in [1.29, 1.82) is 0 Å². The maximum Gasteiger partial charge on any atom is 0.251 e. The lowest BCUT2D eigenvalue weighted by Gasteiger charge is -2.19. The molecule has 0 saturated carbocycles. The van der Waals surface area contributed by atoms with Crippen LogP contribution >= 0.6 is 0 Å². The number of nitrogens with one attached hydrogen (secondary N) is 1. The van der Waals surface area contributed by atoms with Gasteiger partial charge in [-0.05, 0) is 24.1 Å². The summed E-state index contributed by atoms with van der Waals surface area (Å²) in [6.45, 7) is 2.17. The molecule has 0 aliphatic heterocycles. The van der Waals surface area contributed by atoms with Crippen molar-refractivity contribution in [3.05, 3.63) is 71.8 Å². The predicted octanol–water partition coefficient (Wildman–Crippen LogP) is 4.35. The summed E-state index contributed by atoms with van der Waals surface area (Å²) in [5, 5.41) is 3.15. The molecule has 0 spiro atoms. The van der Waals surface area contributed by atoms with Crippen LogP contribution in [0.1, 0.15) is 48.1 Å². The summed E-state index contributed by atoms with van der Waals surface area (Å²) in [6.07, 6.45) is 3.21. The third-order valence-electron chi connectivity index (χ3n) is 3.39. The summed E-state index contributed by atoms with van der Waals surface area (Å²) in [4.78, 5) is 12.3. The summed E-state index contributed by atoms with van der Waals surface area (Å²) >= 11 is 0. The van der Waals surface area contributed by atoms with E-state index in [9.17, 15) is 4.79 Å². The van der Waals surface area contributed by atoms with Crippen LogP contribution in [0.5, 0.6) is 0 Å². The number of benzene rings is 2. The van der Waals surface area contributed by atoms with E-state index in [2.05, 4.69) is 24.4 Å². The molecule has 0 fully saturated rings. The van der Waals surface area contributed by atoms with Gasteiger partial charge in [0.2, 0.25) is 0 Å². The highest BCUT2D eigenvalue weighted by atomic mass is 16.1. The number of carbonyl (C=O) groups excluding carboxylic acids is 1. The smallest absolute Gasteiger partial charge is 0.251 e. The molecule has 0 heterocycles. The van der Waals surface area contributed by atoms with Gasteiger partial charge in [0, 0.05) is 5.56 Å². The maximum atomic E-state index is 12.3. The van der Waals surface area contributed by atoms with Crippen molar-refractivity contribution in [2.24, 2.45) is 0 Å². The Hall–Kier alpha value is -2.09. The van der Waals surface area contributed by atoms with Crippen molar-refractivity contribution in [2.75, 3.05) is 0 Å². The zero-order valence-electron chi connectivity index (χ0n) is 11.9. The minimum atomic E-state index is -0.00411. The van der Waals surface area contributed by atoms with Crippen molar-refractivity contribution in [1.82, 2.24) is 5.32 Å². The maximum absolute atomic E-state index is 12.3. The molecule has 0 aromatic heterocycles. The number of amides is 1. The first kappa shape index (κ1) is 14.3. The SMILES string of the molecule is CCCCC(NC(=O)c1ccccc1)c1ccccc1. The monoisotopic (exact) mass is 267 g/mol. The first-order chi connectivity index (χ1) is 9.81. The van der Waals surface area contributed by atoms with Crippen molar-refractivity contribution in [2.45, 2.75) is 32.2 Å². The molecule has 1 amide bonds. The molecule has 0 saturated heterocycles. The van der Waals surface area contributed by atoms with E-state index in [1.807, 2.05) is 48.5 Å². The van der Waals surface area contributed by atoms with Gasteiger partial charge < -0.3 is 5.32 Å². The van der Waals surface area contributed by atoms with Crippen molar-refractivity contribution >= 4 is 5.91 Å². The molecule has 2 rings (SSSR count). The summed E-state index contributed by atoms with van der Waals surface area (Å²) in [6, 6.07) is 19.7. The summed E-state index contributed by atoms with van der Waals surface area (Å²) in [7, 11) is 0. The lowest BCUT2D eigenvalue weighted by molar-refractivity contribution is 0.0934. The van der Waals surface area contributed by atoms with Crippen LogP contribution in [-0.2, 0) is 0 Å². The third kappa shape index (κ3) is 3.95. The van der Waals surface area contributed by atoms with Gasteiger partial charge in [-0.15, -0.1) is 0 Å². The van der Waals surface area contributed by atoms with Gasteiger partial charge >= 0.3 is 0 Å². The summed E-state index contributed by atoms with van der Waals surface area (Å²) < 4.78 is 0. The Kier molecular flexibility index (Phi) is 5.36. The highest BCUT2D eigenvalue weighted by molar-refractivity contribution is 5.94. The fourth-order valence-corrected chi connectivity index (χ4v) is 2.25. The van der Waals surface area contributed by atoms with Gasteiger partial charge in [0.15, 0.2) is 0 Å². The number of rotatable bonds is 6. The molecule has 1 N–H and O–H groups in total. The second-order valence-electron chi connectivity index (χ2n) is 4.94. The van der Waals surface area contributed by atoms with Gasteiger partial charge in [-0.3, -0.25) is 4.79 Å². The van der Waals surface area contributed by atoms with Crippen LogP contribution in [0.25, 0.3) is 0 Å². The third-order valence-corrected chi connectivity index (χ3v) is 3.39. The number of carbonyl (C=O) groups is 1. The first-order valence-electron chi connectivity index (χ1n) is 7.22. The van der Waals surface area contributed by atoms with Gasteiger partial charge in [-0.1, -0.05) is 68.3 Å². The Labute approximate surface area is 120 Å². The standard InChI is InChI=1S/C18H21NO/c1-2-3-14-17(15-10-6-4-7-11-15)19-18(20)16-12-8-5-9-13-16/h4-13,17H,2-3,14H2,1H3,(H,19,20). The second kappa shape index (κ2) is 7.49. The minimum absolute atomic E-state index is 0.00411. The van der Waals surface area contributed by atoms with E-state index in [-0.39, 0.29) is 11.9 Å². The molecule has 0 aliphatic carbocycles. The van der Waals surface area contributed by atoms with Crippen LogP contribution in [0, 0.1) is 0 Å². The summed E-state index contributed by atoms with van der Waals surface area (Å²) in [5.74, 6) is -0.00411. The fourth-order valence-electron chi connectivity index (χ4n) is 2.25. The Morgan fingerprint density at radius 1 is 1.00 bits per heavy atom. The van der Waals surface area contributed by atoms with Gasteiger partial charge in [0.1, 0.15) is 0 Å². The zero-order valence-corrected chi connectivity index (χ0v) is 11.9. The fraction of sp³-hybridized carbons (Fsp3) is 0.278. The van der Waals surface area contributed by atoms with Crippen LogP contribution in [-0.4, -0.2) is 5.91 Å². The van der Waals surface area contributed by atoms with Gasteiger partial charge in [-0.2, -0.15) is 0 Å². The highest BCUT2D eigenvalue weighted by Gasteiger charge is 2.14. The highest BCUT2D eigenvalue weighted by Crippen LogP contribution is 2.19. The van der Waals surface area contributed by atoms with E-state index < -0.39 is 0 Å². The molecule has 2 nitrogen and oxygen atoms in total. The van der Waals surface area contributed by atoms with E-state index >= 15 is 0 Å². The molecular formula is C18H21NO. The van der Waals surface area contributed by atoms with Crippen LogP contribution in [0.3, 0.4) is 0 Å². The van der Waals surface area contributed by atoms with E-state index in [0.717, 1.165) is 19.3 Å². The number of hydrogen-bond acceptors (Lipinski definition) is 1. The Balaban J connectivity index is 2.10. The lowest BCUT2D eigenvalue weighted by Crippen LogP contribution is -2.28. The Morgan fingerprint density at radius 3 is 2.20 bits per heavy atom. The topological polar surface area (TPSA) is 29.1 Å². The van der Waals surface area contributed by atoms with Crippen LogP contribution in [0.15, 0.2) is 60.7 Å². The molecule has 20 heavy (non-hydrogen) atoms. The van der Waals surface area contributed by atoms with Gasteiger partial charge in [0.05, 0.1) is 6.04 Å². The van der Waals surface area contributed by atoms with Crippen LogP contribution < -0.4 is 5.32 Å². The minimum Gasteiger partial charge on any atom is -0.345 e. The van der Waals surface area contributed by atoms with Crippen molar-refractivity contribution in [3.8, 4) is 0 Å². The van der Waals surface area contributed by atoms with E-state index in [1.165, 1.54) is 5.56 Å². The molecule has 2 heteroatoms. The van der Waals surface area contributed by atoms with E-state index in [4.69, 9.17) is 0 Å². The second-order valence-corrected chi connectivity index (χ2v) is 4.94. The van der Waals surface area contributed by atoms with Crippen LogP contribution in [0.4, 0.5) is 0 Å². The molecule has 2 aromatic rings. The molecule has 1 unspecified atom stereocenters. The van der Waals surface area contributed by atoms with Crippen molar-refractivity contribution < 1.29 is 4.79 Å². The normalized spacial score (nSPS) is 11.8. The van der Waals surface area contributed by atoms with Gasteiger partial charge in [0.25, 0.3) is 5.91 Å². The molecule has 0 bridgehead atoms. The average Bonchev–Trinajstić information content (AvgIpc) is 2.53. The molecule has 0 radical (unpaired) electrons. The van der Waals surface area contributed by atoms with Crippen molar-refractivity contribution in [3.63, 3.8) is 0 Å². The zero-order chi connectivity index (χ0) is 14.2. The lowest BCUT2D eigenvalue weighted by atomic mass is 10.0. The first-order valence-corrected chi connectivity index (χ1v) is 7.22. The number of unbranched alkanes of at least 4 members (excludes halogenated alkanes) is 1. The number of hydrogen-bond donors (Lipinski definition) is 1. The summed E-state index contributed by atoms with van der Waals surface area (Å²) in [5.41, 5.74) is 1.88. The molecule has 0 aliphatic rings. The van der Waals surface area contributed by atoms with Gasteiger partial charge in [-0.25, -0.2) is 0 Å². The Bertz CT molecular complexity index is 522. The van der Waals surface area contributed by atoms with E-state index in [0.29, 0.717) is 5.56 Å². The molecule has 2 aromatic carbocycles. The largest absolute Gasteiger partial charge is 0.345 e. The van der Waals surface area contributed by atoms with E-state index in [1.54, 1.807) is 0 Å². The Morgan fingerprint density at radius 2 is 1.60 bits per heavy atom. The van der Waals surface area contributed by atoms with Crippen LogP contribution in [0.2, 0.25) is 0 Å². The molecule has 104 valence electrons. The quantitative estimate of drug-likeness (QED) is 0.828. The predicted molar refractivity (Wildman–Crippen MR) is 82.6 cm³/mol.